The Morgan fingerprint density at radius 3 is 2.67 bits per heavy atom. The Hall–Kier alpha value is -2.22. The van der Waals surface area contributed by atoms with Crippen molar-refractivity contribution in [3.63, 3.8) is 0 Å². The molecule has 2 rings (SSSR count). The first-order chi connectivity index (χ1) is 10.0. The van der Waals surface area contributed by atoms with Gasteiger partial charge in [0.05, 0.1) is 9.93 Å². The maximum absolute atomic E-state index is 13.1. The monoisotopic (exact) mass is 312 g/mol. The van der Waals surface area contributed by atoms with Crippen molar-refractivity contribution >= 4 is 23.3 Å². The minimum Gasteiger partial charge on any atom is -0.378 e. The van der Waals surface area contributed by atoms with E-state index in [1.807, 2.05) is 0 Å². The molecule has 21 heavy (non-hydrogen) atoms. The number of pyridine rings is 1. The molecular formula is C13H12F2N3O2S+. The van der Waals surface area contributed by atoms with E-state index < -0.39 is 11.6 Å². The molecule has 0 saturated carbocycles. The second-order valence-corrected chi connectivity index (χ2v) is 5.03. The molecule has 0 saturated heterocycles. The average molecular weight is 312 g/mol. The van der Waals surface area contributed by atoms with Crippen LogP contribution in [-0.4, -0.2) is 17.0 Å². The van der Waals surface area contributed by atoms with E-state index in [2.05, 4.69) is 9.82 Å². The fourth-order valence-corrected chi connectivity index (χ4v) is 2.39. The molecule has 8 heteroatoms. The minimum atomic E-state index is -0.891. The largest absolute Gasteiger partial charge is 0.378 e. The molecule has 110 valence electrons. The van der Waals surface area contributed by atoms with Gasteiger partial charge in [0.25, 0.3) is 4.92 Å². The average Bonchev–Trinajstić information content (AvgIpc) is 2.48. The predicted octanol–water partition coefficient (Wildman–Crippen LogP) is 3.21. The summed E-state index contributed by atoms with van der Waals surface area (Å²) in [6, 6.07) is 6.77. The molecule has 0 amide bonds. The zero-order valence-corrected chi connectivity index (χ0v) is 11.9. The highest BCUT2D eigenvalue weighted by molar-refractivity contribution is 7.98. The van der Waals surface area contributed by atoms with Crippen molar-refractivity contribution in [3.05, 3.63) is 52.4 Å². The van der Waals surface area contributed by atoms with Crippen LogP contribution >= 0.6 is 11.8 Å². The molecule has 0 unspecified atom stereocenters. The van der Waals surface area contributed by atoms with Gasteiger partial charge in [-0.3, -0.25) is 0 Å². The van der Waals surface area contributed by atoms with Crippen LogP contribution in [0.2, 0.25) is 0 Å². The van der Waals surface area contributed by atoms with Crippen LogP contribution in [0.5, 0.6) is 0 Å². The minimum absolute atomic E-state index is 0.0298. The van der Waals surface area contributed by atoms with Gasteiger partial charge < -0.3 is 5.73 Å². The summed E-state index contributed by atoms with van der Waals surface area (Å²) >= 11 is 1.29. The first-order valence-corrected chi connectivity index (χ1v) is 6.84. The highest BCUT2D eigenvalue weighted by atomic mass is 32.2. The van der Waals surface area contributed by atoms with Gasteiger partial charge in [0, 0.05) is 11.8 Å². The summed E-state index contributed by atoms with van der Waals surface area (Å²) in [5, 5.41) is 0.561. The van der Waals surface area contributed by atoms with Crippen LogP contribution in [0.25, 0.3) is 0 Å². The molecule has 0 aliphatic carbocycles. The smallest absolute Gasteiger partial charge is 0.358 e. The Labute approximate surface area is 123 Å². The van der Waals surface area contributed by atoms with Crippen molar-refractivity contribution < 1.29 is 18.5 Å². The molecule has 0 spiro atoms. The number of anilines is 1. The lowest BCUT2D eigenvalue weighted by molar-refractivity contribution is -0.736. The van der Waals surface area contributed by atoms with Crippen molar-refractivity contribution in [2.24, 2.45) is 0 Å². The summed E-state index contributed by atoms with van der Waals surface area (Å²) in [5.41, 5.74) is 6.38. The number of halogens is 2. The quantitative estimate of drug-likeness (QED) is 0.678. The van der Waals surface area contributed by atoms with Gasteiger partial charge in [-0.15, -0.1) is 11.8 Å². The van der Waals surface area contributed by atoms with Gasteiger partial charge in [0.1, 0.15) is 0 Å². The molecule has 0 atom stereocenters. The van der Waals surface area contributed by atoms with Crippen molar-refractivity contribution in [2.45, 2.75) is 10.8 Å². The molecule has 1 aromatic carbocycles. The van der Waals surface area contributed by atoms with E-state index >= 15 is 0 Å². The van der Waals surface area contributed by atoms with Crippen LogP contribution in [0.3, 0.4) is 0 Å². The molecule has 0 aliphatic heterocycles. The van der Waals surface area contributed by atoms with E-state index in [1.165, 1.54) is 31.0 Å². The molecule has 0 bridgehead atoms. The molecule has 5 nitrogen and oxygen atoms in total. The Morgan fingerprint density at radius 1 is 1.29 bits per heavy atom. The number of rotatable bonds is 5. The number of thioether (sulfide) groups is 1. The number of benzene rings is 1. The van der Waals surface area contributed by atoms with E-state index in [4.69, 9.17) is 5.73 Å². The van der Waals surface area contributed by atoms with Gasteiger partial charge in [0.15, 0.2) is 18.7 Å². The van der Waals surface area contributed by atoms with Crippen molar-refractivity contribution in [1.82, 2.24) is 4.98 Å². The standard InChI is InChI=1S/C13H12F2N3O2S/c1-20-18(19)11-4-5-12(17-13(11)16)21-7-8-2-3-9(14)10(15)6-8/h2-6H,7H2,1H3,(H2,16,17)/q+1. The number of hydrogen-bond donors (Lipinski definition) is 1. The van der Waals surface area contributed by atoms with Gasteiger partial charge in [0.2, 0.25) is 5.82 Å². The normalized spacial score (nSPS) is 10.4. The highest BCUT2D eigenvalue weighted by Gasteiger charge is 2.20. The number of nitrogen functional groups attached to an aromatic ring is 1. The van der Waals surface area contributed by atoms with Crippen LogP contribution in [0, 0.1) is 16.5 Å². The third kappa shape index (κ3) is 3.66. The van der Waals surface area contributed by atoms with Crippen molar-refractivity contribution in [2.75, 3.05) is 12.8 Å². The first-order valence-electron chi connectivity index (χ1n) is 5.86. The van der Waals surface area contributed by atoms with Gasteiger partial charge in [-0.2, -0.15) is 0 Å². The molecule has 0 aliphatic rings. The second kappa shape index (κ2) is 6.49. The maximum Gasteiger partial charge on any atom is 0.358 e. The van der Waals surface area contributed by atoms with E-state index in [1.54, 1.807) is 6.07 Å². The molecule has 2 aromatic rings. The van der Waals surface area contributed by atoms with Crippen LogP contribution in [0.15, 0.2) is 35.4 Å². The summed E-state index contributed by atoms with van der Waals surface area (Å²) in [6.45, 7) is 0. The molecule has 0 radical (unpaired) electrons. The number of nitrogens with zero attached hydrogens (tertiary/aromatic N) is 2. The third-order valence-corrected chi connectivity index (χ3v) is 3.61. The Balaban J connectivity index is 2.08. The number of aromatic nitrogens is 1. The van der Waals surface area contributed by atoms with Crippen molar-refractivity contribution in [1.29, 1.82) is 0 Å². The summed E-state index contributed by atoms with van der Waals surface area (Å²) in [7, 11) is 1.22. The number of hydrogen-bond acceptors (Lipinski definition) is 5. The Morgan fingerprint density at radius 2 is 2.05 bits per heavy atom. The van der Waals surface area contributed by atoms with Gasteiger partial charge in [-0.25, -0.2) is 18.6 Å². The predicted molar refractivity (Wildman–Crippen MR) is 74.9 cm³/mol. The van der Waals surface area contributed by atoms with Gasteiger partial charge in [-0.1, -0.05) is 6.07 Å². The lowest BCUT2D eigenvalue weighted by atomic mass is 10.2. The Bertz CT molecular complexity index is 682. The summed E-state index contributed by atoms with van der Waals surface area (Å²) < 4.78 is 25.9. The first kappa shape index (κ1) is 15.2. The molecular weight excluding hydrogens is 300 g/mol. The summed E-state index contributed by atoms with van der Waals surface area (Å²) in [6.07, 6.45) is 0. The molecule has 1 heterocycles. The van der Waals surface area contributed by atoms with Crippen LogP contribution in [0.4, 0.5) is 20.3 Å². The fraction of sp³-hybridized carbons (Fsp3) is 0.154. The second-order valence-electron chi connectivity index (χ2n) is 4.03. The summed E-state index contributed by atoms with van der Waals surface area (Å²) in [5.74, 6) is -1.35. The molecule has 2 N–H and O–H groups in total. The topological polar surface area (TPSA) is 68.2 Å². The third-order valence-electron chi connectivity index (χ3n) is 2.61. The van der Waals surface area contributed by atoms with Crippen LogP contribution in [-0.2, 0) is 10.6 Å². The van der Waals surface area contributed by atoms with Crippen LogP contribution in [0.1, 0.15) is 5.56 Å². The maximum atomic E-state index is 13.1. The van der Waals surface area contributed by atoms with Gasteiger partial charge in [-0.05, 0) is 23.8 Å². The van der Waals surface area contributed by atoms with E-state index in [9.17, 15) is 13.7 Å². The van der Waals surface area contributed by atoms with E-state index in [0.29, 0.717) is 16.3 Å². The summed E-state index contributed by atoms with van der Waals surface area (Å²) in [4.78, 5) is 20.1. The van der Waals surface area contributed by atoms with E-state index in [-0.39, 0.29) is 16.4 Å². The highest BCUT2D eigenvalue weighted by Crippen LogP contribution is 2.27. The van der Waals surface area contributed by atoms with Gasteiger partial charge >= 0.3 is 5.69 Å². The lowest BCUT2D eigenvalue weighted by Gasteiger charge is -2.03. The van der Waals surface area contributed by atoms with E-state index in [0.717, 1.165) is 12.1 Å². The van der Waals surface area contributed by atoms with Crippen molar-refractivity contribution in [3.8, 4) is 0 Å². The molecule has 1 aromatic heterocycles. The fourth-order valence-electron chi connectivity index (χ4n) is 1.57. The zero-order valence-electron chi connectivity index (χ0n) is 11.0. The SMILES string of the molecule is CO[N+](=O)c1ccc(SCc2ccc(F)c(F)c2)nc1N. The zero-order chi connectivity index (χ0) is 15.4. The lowest BCUT2D eigenvalue weighted by Crippen LogP contribution is -2.03. The number of nitrogens with two attached hydrogens (primary N) is 1. The molecule has 0 fully saturated rings. The Kier molecular flexibility index (Phi) is 4.69. The van der Waals surface area contributed by atoms with Crippen LogP contribution < -0.4 is 5.73 Å².